The van der Waals surface area contributed by atoms with Crippen molar-refractivity contribution in [3.05, 3.63) is 23.2 Å². The number of halogens is 2. The number of rotatable bonds is 6. The number of benzene rings is 1. The number of imidazole rings is 1. The zero-order valence-corrected chi connectivity index (χ0v) is 20.0. The summed E-state index contributed by atoms with van der Waals surface area (Å²) in [6, 6.07) is 4.18. The van der Waals surface area contributed by atoms with Gasteiger partial charge in [0.1, 0.15) is 12.1 Å². The summed E-state index contributed by atoms with van der Waals surface area (Å²) < 4.78 is 8.63. The number of nitrogens with zero attached hydrogens (tertiary/aromatic N) is 4. The highest BCUT2D eigenvalue weighted by Gasteiger charge is 2.21. The van der Waals surface area contributed by atoms with Crippen LogP contribution in [0.1, 0.15) is 27.2 Å². The Morgan fingerprint density at radius 1 is 1.20 bits per heavy atom. The topological polar surface area (TPSA) is 71.0 Å². The van der Waals surface area contributed by atoms with Crippen LogP contribution in [0.2, 0.25) is 0 Å². The quantitative estimate of drug-likeness (QED) is 0.408. The van der Waals surface area contributed by atoms with Crippen LogP contribution in [0.25, 0.3) is 21.9 Å². The number of aromatic amines is 1. The van der Waals surface area contributed by atoms with Crippen LogP contribution in [0.3, 0.4) is 0 Å². The summed E-state index contributed by atoms with van der Waals surface area (Å²) in [6.45, 7) is 11.2. The molecular formula is C20H30Cl2N6OS. The smallest absolute Gasteiger partial charge is 0.178 e. The van der Waals surface area contributed by atoms with Gasteiger partial charge in [0, 0.05) is 38.1 Å². The van der Waals surface area contributed by atoms with Gasteiger partial charge in [0.25, 0.3) is 0 Å². The maximum Gasteiger partial charge on any atom is 0.178 e. The molecule has 2 atom stereocenters. The number of H-pyrrole nitrogens is 1. The molecule has 0 radical (unpaired) electrons. The van der Waals surface area contributed by atoms with E-state index in [-0.39, 0.29) is 24.8 Å². The number of aromatic nitrogens is 4. The fraction of sp³-hybridized carbons (Fsp3) is 0.550. The Kier molecular flexibility index (Phi) is 8.87. The van der Waals surface area contributed by atoms with Gasteiger partial charge in [-0.15, -0.1) is 24.8 Å². The summed E-state index contributed by atoms with van der Waals surface area (Å²) >= 11 is 5.43. The molecule has 4 rings (SSSR count). The average molecular weight is 473 g/mol. The maximum absolute atomic E-state index is 5.81. The minimum atomic E-state index is 0. The van der Waals surface area contributed by atoms with E-state index in [0.717, 1.165) is 71.7 Å². The molecule has 3 aromatic rings. The van der Waals surface area contributed by atoms with Gasteiger partial charge in [-0.2, -0.15) is 0 Å². The van der Waals surface area contributed by atoms with Crippen LogP contribution >= 0.6 is 37.0 Å². The first kappa shape index (κ1) is 24.8. The third-order valence-corrected chi connectivity index (χ3v) is 5.61. The highest BCUT2D eigenvalue weighted by Crippen LogP contribution is 2.25. The van der Waals surface area contributed by atoms with Crippen molar-refractivity contribution in [2.24, 2.45) is 0 Å². The van der Waals surface area contributed by atoms with Crippen LogP contribution in [0.4, 0.5) is 5.82 Å². The van der Waals surface area contributed by atoms with Crippen LogP contribution < -0.4 is 5.32 Å². The highest BCUT2D eigenvalue weighted by atomic mass is 35.5. The molecule has 1 aliphatic heterocycles. The van der Waals surface area contributed by atoms with E-state index < -0.39 is 0 Å². The second-order valence-corrected chi connectivity index (χ2v) is 7.97. The molecule has 0 saturated carbocycles. The van der Waals surface area contributed by atoms with Crippen LogP contribution in [0.15, 0.2) is 18.5 Å². The molecule has 1 fully saturated rings. The third-order valence-electron chi connectivity index (χ3n) is 5.29. The van der Waals surface area contributed by atoms with Crippen molar-refractivity contribution in [2.75, 3.05) is 31.5 Å². The Labute approximate surface area is 194 Å². The first-order valence-corrected chi connectivity index (χ1v) is 10.4. The van der Waals surface area contributed by atoms with Gasteiger partial charge in [0.15, 0.2) is 4.77 Å². The largest absolute Gasteiger partial charge is 0.373 e. The highest BCUT2D eigenvalue weighted by molar-refractivity contribution is 7.71. The van der Waals surface area contributed by atoms with E-state index in [1.165, 1.54) is 0 Å². The lowest BCUT2D eigenvalue weighted by Gasteiger charge is -2.35. The van der Waals surface area contributed by atoms with E-state index in [0.29, 0.717) is 12.2 Å². The van der Waals surface area contributed by atoms with Gasteiger partial charge < -0.3 is 19.6 Å². The minimum absolute atomic E-state index is 0. The van der Waals surface area contributed by atoms with Gasteiger partial charge in [0.05, 0.1) is 28.8 Å². The van der Waals surface area contributed by atoms with Gasteiger partial charge in [-0.1, -0.05) is 0 Å². The van der Waals surface area contributed by atoms with Crippen LogP contribution in [-0.4, -0.2) is 62.8 Å². The van der Waals surface area contributed by atoms with Gasteiger partial charge in [-0.05, 0) is 51.5 Å². The van der Waals surface area contributed by atoms with Gasteiger partial charge in [-0.3, -0.25) is 4.90 Å². The summed E-state index contributed by atoms with van der Waals surface area (Å²) in [5.41, 5.74) is 3.03. The van der Waals surface area contributed by atoms with Crippen molar-refractivity contribution < 1.29 is 4.74 Å². The lowest BCUT2D eigenvalue weighted by atomic mass is 10.2. The second-order valence-electron chi connectivity index (χ2n) is 7.58. The van der Waals surface area contributed by atoms with Crippen molar-refractivity contribution in [3.8, 4) is 0 Å². The molecule has 7 nitrogen and oxygen atoms in total. The first-order valence-electron chi connectivity index (χ1n) is 10.0. The number of hydrogen-bond acceptors (Lipinski definition) is 6. The fourth-order valence-electron chi connectivity index (χ4n) is 4.14. The van der Waals surface area contributed by atoms with Crippen molar-refractivity contribution >= 4 is 64.8 Å². The van der Waals surface area contributed by atoms with Gasteiger partial charge in [0.2, 0.25) is 0 Å². The Morgan fingerprint density at radius 2 is 1.93 bits per heavy atom. The zero-order valence-electron chi connectivity index (χ0n) is 17.6. The summed E-state index contributed by atoms with van der Waals surface area (Å²) in [4.78, 5) is 14.7. The molecule has 2 aromatic heterocycles. The minimum Gasteiger partial charge on any atom is -0.373 e. The molecule has 3 heterocycles. The standard InChI is InChI=1S/C20H28N6OS.2ClH/c1-4-26-18-9-16-15(8-17(18)24-20(26)28)19(23-12-22-16)21-6-5-7-25-10-13(2)27-14(3)11-25;;/h8-9,12-14H,4-7,10-11H2,1-3H3,(H,24,28)(H,21,22,23);2*1H. The molecule has 1 aromatic carbocycles. The first-order chi connectivity index (χ1) is 13.5. The van der Waals surface area contributed by atoms with Gasteiger partial charge in [-0.25, -0.2) is 9.97 Å². The Bertz CT molecular complexity index is 1030. The van der Waals surface area contributed by atoms with Crippen LogP contribution in [-0.2, 0) is 11.3 Å². The van der Waals surface area contributed by atoms with Crippen molar-refractivity contribution in [3.63, 3.8) is 0 Å². The Balaban J connectivity index is 0.00000160. The molecule has 30 heavy (non-hydrogen) atoms. The molecule has 2 N–H and O–H groups in total. The zero-order chi connectivity index (χ0) is 19.7. The van der Waals surface area contributed by atoms with Gasteiger partial charge >= 0.3 is 0 Å². The van der Waals surface area contributed by atoms with E-state index in [9.17, 15) is 0 Å². The second kappa shape index (κ2) is 10.7. The lowest BCUT2D eigenvalue weighted by molar-refractivity contribution is -0.0678. The molecule has 0 spiro atoms. The molecule has 0 aliphatic carbocycles. The number of anilines is 1. The molecule has 166 valence electrons. The van der Waals surface area contributed by atoms with Crippen molar-refractivity contribution in [1.29, 1.82) is 0 Å². The number of hydrogen-bond donors (Lipinski definition) is 2. The normalized spacial score (nSPS) is 19.4. The fourth-order valence-corrected chi connectivity index (χ4v) is 4.48. The number of aryl methyl sites for hydroxylation is 1. The number of morpholine rings is 1. The summed E-state index contributed by atoms with van der Waals surface area (Å²) in [7, 11) is 0. The predicted molar refractivity (Wildman–Crippen MR) is 130 cm³/mol. The van der Waals surface area contributed by atoms with E-state index in [1.54, 1.807) is 6.33 Å². The van der Waals surface area contributed by atoms with Crippen LogP contribution in [0, 0.1) is 4.77 Å². The SMILES string of the molecule is CCn1c(=S)[nH]c2cc3c(NCCCN4CC(C)OC(C)C4)ncnc3cc21.Cl.Cl. The van der Waals surface area contributed by atoms with E-state index >= 15 is 0 Å². The van der Waals surface area contributed by atoms with E-state index in [2.05, 4.69) is 62.6 Å². The van der Waals surface area contributed by atoms with E-state index in [4.69, 9.17) is 17.0 Å². The molecule has 0 bridgehead atoms. The lowest BCUT2D eigenvalue weighted by Crippen LogP contribution is -2.45. The van der Waals surface area contributed by atoms with E-state index in [1.807, 2.05) is 0 Å². The molecular weight excluding hydrogens is 443 g/mol. The average Bonchev–Trinajstić information content (AvgIpc) is 2.96. The molecule has 1 aliphatic rings. The number of nitrogens with one attached hydrogen (secondary N) is 2. The molecule has 0 amide bonds. The van der Waals surface area contributed by atoms with Crippen molar-refractivity contribution in [1.82, 2.24) is 24.4 Å². The number of fused-ring (bicyclic) bond motifs is 2. The third kappa shape index (κ3) is 5.23. The Morgan fingerprint density at radius 3 is 2.63 bits per heavy atom. The summed E-state index contributed by atoms with van der Waals surface area (Å²) in [6.07, 6.45) is 3.30. The predicted octanol–water partition coefficient (Wildman–Crippen LogP) is 4.42. The Hall–Kier alpha value is -1.45. The summed E-state index contributed by atoms with van der Waals surface area (Å²) in [5.74, 6) is 0.874. The summed E-state index contributed by atoms with van der Waals surface area (Å²) in [5, 5.41) is 4.51. The van der Waals surface area contributed by atoms with Crippen molar-refractivity contribution in [2.45, 2.75) is 45.9 Å². The molecule has 10 heteroatoms. The molecule has 2 unspecified atom stereocenters. The molecule has 1 saturated heterocycles. The maximum atomic E-state index is 5.81. The number of ether oxygens (including phenoxy) is 1. The monoisotopic (exact) mass is 472 g/mol. The van der Waals surface area contributed by atoms with Crippen LogP contribution in [0.5, 0.6) is 0 Å².